The molecule has 0 aromatic heterocycles. The van der Waals surface area contributed by atoms with Crippen molar-refractivity contribution in [1.29, 1.82) is 0 Å². The monoisotopic (exact) mass is 502 g/mol. The summed E-state index contributed by atoms with van der Waals surface area (Å²) in [6.45, 7) is 2.09. The molecule has 1 atom stereocenters. The van der Waals surface area contributed by atoms with Gasteiger partial charge in [0.15, 0.2) is 11.5 Å². The van der Waals surface area contributed by atoms with Gasteiger partial charge in [-0.25, -0.2) is 4.90 Å². The van der Waals surface area contributed by atoms with E-state index in [0.29, 0.717) is 34.9 Å². The summed E-state index contributed by atoms with van der Waals surface area (Å²) in [6.07, 6.45) is 0.368. The predicted octanol–water partition coefficient (Wildman–Crippen LogP) is 4.04. The maximum absolute atomic E-state index is 13.8. The van der Waals surface area contributed by atoms with Gasteiger partial charge in [-0.3, -0.25) is 14.4 Å². The highest BCUT2D eigenvalue weighted by Gasteiger charge is 2.44. The van der Waals surface area contributed by atoms with E-state index in [2.05, 4.69) is 0 Å². The van der Waals surface area contributed by atoms with Crippen molar-refractivity contribution < 1.29 is 28.6 Å². The molecule has 192 valence electrons. The first-order valence-corrected chi connectivity index (χ1v) is 12.0. The fourth-order valence-corrected chi connectivity index (χ4v) is 4.51. The van der Waals surface area contributed by atoms with E-state index in [1.165, 1.54) is 4.90 Å². The minimum Gasteiger partial charge on any atom is -0.497 e. The van der Waals surface area contributed by atoms with Gasteiger partial charge in [-0.2, -0.15) is 0 Å². The van der Waals surface area contributed by atoms with Crippen LogP contribution in [0.15, 0.2) is 66.7 Å². The molecule has 8 heteroatoms. The lowest BCUT2D eigenvalue weighted by molar-refractivity contribution is -0.122. The van der Waals surface area contributed by atoms with Crippen LogP contribution in [0.25, 0.3) is 0 Å². The minimum atomic E-state index is -0.915. The number of aryl methyl sites for hydroxylation is 1. The Morgan fingerprint density at radius 3 is 2.27 bits per heavy atom. The number of imide groups is 1. The number of rotatable bonds is 9. The predicted molar refractivity (Wildman–Crippen MR) is 139 cm³/mol. The van der Waals surface area contributed by atoms with Crippen molar-refractivity contribution in [3.8, 4) is 17.2 Å². The first kappa shape index (κ1) is 25.8. The number of carbonyl (C=O) groups excluding carboxylic acids is 3. The molecule has 0 bridgehead atoms. The molecule has 0 radical (unpaired) electrons. The summed E-state index contributed by atoms with van der Waals surface area (Å²) in [6, 6.07) is 18.6. The second kappa shape index (κ2) is 11.2. The summed E-state index contributed by atoms with van der Waals surface area (Å²) in [5.74, 6) is 0.727. The third-order valence-corrected chi connectivity index (χ3v) is 6.56. The van der Waals surface area contributed by atoms with Crippen molar-refractivity contribution in [2.75, 3.05) is 32.8 Å². The number of nitrogens with zero attached hydrogens (tertiary/aromatic N) is 2. The van der Waals surface area contributed by atoms with E-state index in [4.69, 9.17) is 14.2 Å². The molecule has 3 aromatic rings. The van der Waals surface area contributed by atoms with Crippen LogP contribution < -0.4 is 19.1 Å². The number of benzene rings is 3. The van der Waals surface area contributed by atoms with Crippen molar-refractivity contribution in [2.45, 2.75) is 25.8 Å². The molecule has 1 heterocycles. The highest BCUT2D eigenvalue weighted by atomic mass is 16.5. The van der Waals surface area contributed by atoms with Crippen molar-refractivity contribution >= 4 is 23.4 Å². The lowest BCUT2D eigenvalue weighted by Gasteiger charge is -2.28. The number of hydrogen-bond acceptors (Lipinski definition) is 6. The quantitative estimate of drug-likeness (QED) is 0.411. The van der Waals surface area contributed by atoms with Gasteiger partial charge >= 0.3 is 0 Å². The summed E-state index contributed by atoms with van der Waals surface area (Å²) < 4.78 is 15.9. The highest BCUT2D eigenvalue weighted by Crippen LogP contribution is 2.30. The smallest absolute Gasteiger partial charge is 0.257 e. The molecular formula is C29H30N2O6. The molecule has 1 saturated heterocycles. The Morgan fingerprint density at radius 1 is 0.919 bits per heavy atom. The van der Waals surface area contributed by atoms with Gasteiger partial charge in [-0.05, 0) is 66.9 Å². The van der Waals surface area contributed by atoms with E-state index in [1.807, 2.05) is 31.2 Å². The number of anilines is 1. The molecule has 3 aromatic carbocycles. The van der Waals surface area contributed by atoms with Crippen LogP contribution in [0.2, 0.25) is 0 Å². The molecular weight excluding hydrogens is 472 g/mol. The van der Waals surface area contributed by atoms with Crippen molar-refractivity contribution in [3.63, 3.8) is 0 Å². The second-order valence-corrected chi connectivity index (χ2v) is 8.74. The molecule has 1 fully saturated rings. The lowest BCUT2D eigenvalue weighted by atomic mass is 10.0. The summed E-state index contributed by atoms with van der Waals surface area (Å²) in [4.78, 5) is 43.0. The normalized spacial score (nSPS) is 15.0. The number of carbonyl (C=O) groups is 3. The van der Waals surface area contributed by atoms with Gasteiger partial charge in [-0.15, -0.1) is 0 Å². The van der Waals surface area contributed by atoms with Crippen molar-refractivity contribution in [1.82, 2.24) is 4.90 Å². The van der Waals surface area contributed by atoms with E-state index in [0.717, 1.165) is 16.0 Å². The molecule has 4 rings (SSSR count). The molecule has 0 N–H and O–H groups in total. The molecule has 37 heavy (non-hydrogen) atoms. The number of hydrogen-bond donors (Lipinski definition) is 0. The summed E-state index contributed by atoms with van der Waals surface area (Å²) in [5, 5.41) is 0. The maximum atomic E-state index is 13.8. The number of amides is 3. The molecule has 1 unspecified atom stereocenters. The zero-order valence-corrected chi connectivity index (χ0v) is 21.4. The van der Waals surface area contributed by atoms with Gasteiger partial charge in [0.05, 0.1) is 33.4 Å². The molecule has 8 nitrogen and oxygen atoms in total. The maximum Gasteiger partial charge on any atom is 0.257 e. The summed E-state index contributed by atoms with van der Waals surface area (Å²) >= 11 is 0. The summed E-state index contributed by atoms with van der Waals surface area (Å²) in [5.41, 5.74) is 2.65. The second-order valence-electron chi connectivity index (χ2n) is 8.74. The summed E-state index contributed by atoms with van der Waals surface area (Å²) in [7, 11) is 4.67. The largest absolute Gasteiger partial charge is 0.497 e. The fourth-order valence-electron chi connectivity index (χ4n) is 4.51. The Labute approximate surface area is 216 Å². The third kappa shape index (κ3) is 5.28. The van der Waals surface area contributed by atoms with Crippen molar-refractivity contribution in [2.24, 2.45) is 0 Å². The zero-order valence-electron chi connectivity index (χ0n) is 21.4. The van der Waals surface area contributed by atoms with Crippen molar-refractivity contribution in [3.05, 3.63) is 83.4 Å². The Balaban J connectivity index is 1.64. The Bertz CT molecular complexity index is 1300. The van der Waals surface area contributed by atoms with Crippen LogP contribution in [0.1, 0.15) is 27.9 Å². The van der Waals surface area contributed by atoms with E-state index in [9.17, 15) is 14.4 Å². The van der Waals surface area contributed by atoms with Crippen LogP contribution >= 0.6 is 0 Å². The fraction of sp³-hybridized carbons (Fsp3) is 0.276. The molecule has 1 aliphatic heterocycles. The third-order valence-electron chi connectivity index (χ3n) is 6.56. The van der Waals surface area contributed by atoms with Gasteiger partial charge in [-0.1, -0.05) is 24.3 Å². The molecule has 3 amide bonds. The van der Waals surface area contributed by atoms with Gasteiger partial charge in [0, 0.05) is 12.1 Å². The van der Waals surface area contributed by atoms with Gasteiger partial charge in [0.25, 0.3) is 11.8 Å². The zero-order chi connectivity index (χ0) is 26.5. The average Bonchev–Trinajstić information content (AvgIpc) is 3.21. The minimum absolute atomic E-state index is 0.0889. The van der Waals surface area contributed by atoms with Crippen LogP contribution in [0.3, 0.4) is 0 Å². The molecule has 0 spiro atoms. The van der Waals surface area contributed by atoms with Gasteiger partial charge < -0.3 is 19.1 Å². The van der Waals surface area contributed by atoms with E-state index >= 15 is 0 Å². The van der Waals surface area contributed by atoms with E-state index < -0.39 is 11.9 Å². The lowest BCUT2D eigenvalue weighted by Crippen LogP contribution is -2.46. The van der Waals surface area contributed by atoms with Crippen LogP contribution in [0.4, 0.5) is 5.69 Å². The Hall–Kier alpha value is -4.33. The number of ether oxygens (including phenoxy) is 3. The first-order valence-electron chi connectivity index (χ1n) is 12.0. The van der Waals surface area contributed by atoms with Crippen LogP contribution in [-0.4, -0.2) is 56.5 Å². The van der Waals surface area contributed by atoms with E-state index in [-0.39, 0.29) is 24.8 Å². The number of methoxy groups -OCH3 is 3. The standard InChI is InChI=1S/C29H30N2O6/c1-19-7-5-6-8-23(19)28(33)30(16-15-20-9-14-25(36-3)26(17-20)37-4)24-18-27(32)31(29(24)34)21-10-12-22(35-2)13-11-21/h5-14,17,24H,15-16,18H2,1-4H3. The van der Waals surface area contributed by atoms with Gasteiger partial charge in [0.2, 0.25) is 5.91 Å². The Kier molecular flexibility index (Phi) is 7.77. The Morgan fingerprint density at radius 2 is 1.62 bits per heavy atom. The van der Waals surface area contributed by atoms with Gasteiger partial charge in [0.1, 0.15) is 11.8 Å². The van der Waals surface area contributed by atoms with Crippen LogP contribution in [0, 0.1) is 6.92 Å². The molecule has 0 aliphatic carbocycles. The van der Waals surface area contributed by atoms with Crippen LogP contribution in [0.5, 0.6) is 17.2 Å². The first-order chi connectivity index (χ1) is 17.9. The SMILES string of the molecule is COc1ccc(N2C(=O)CC(N(CCc3ccc(OC)c(OC)c3)C(=O)c3ccccc3C)C2=O)cc1. The topological polar surface area (TPSA) is 85.4 Å². The molecule has 1 aliphatic rings. The van der Waals surface area contributed by atoms with E-state index in [1.54, 1.807) is 63.8 Å². The average molecular weight is 503 g/mol. The highest BCUT2D eigenvalue weighted by molar-refractivity contribution is 6.23. The molecule has 0 saturated carbocycles. The van der Waals surface area contributed by atoms with Crippen LogP contribution in [-0.2, 0) is 16.0 Å².